The van der Waals surface area contributed by atoms with Gasteiger partial charge in [0.05, 0.1) is 0 Å². The van der Waals surface area contributed by atoms with E-state index in [1.165, 1.54) is 12.1 Å². The summed E-state index contributed by atoms with van der Waals surface area (Å²) in [6.45, 7) is 0. The van der Waals surface area contributed by atoms with Crippen molar-refractivity contribution in [3.05, 3.63) is 70.5 Å². The van der Waals surface area contributed by atoms with Gasteiger partial charge in [-0.3, -0.25) is 0 Å². The quantitative estimate of drug-likeness (QED) is 0.640. The van der Waals surface area contributed by atoms with Crippen LogP contribution in [0, 0.1) is 5.82 Å². The molecule has 2 aromatic carbocycles. The predicted octanol–water partition coefficient (Wildman–Crippen LogP) is 5.44. The van der Waals surface area contributed by atoms with Crippen LogP contribution in [0.3, 0.4) is 0 Å². The van der Waals surface area contributed by atoms with Crippen LogP contribution in [0.4, 0.5) is 4.39 Å². The first-order valence-corrected chi connectivity index (χ1v) is 7.67. The van der Waals surface area contributed by atoms with Gasteiger partial charge in [-0.1, -0.05) is 48.0 Å². The van der Waals surface area contributed by atoms with Crippen molar-refractivity contribution in [2.45, 2.75) is 11.8 Å². The second-order valence-electron chi connectivity index (χ2n) is 4.83. The molecule has 0 fully saturated rings. The van der Waals surface area contributed by atoms with Crippen LogP contribution >= 0.6 is 34.8 Å². The lowest BCUT2D eigenvalue weighted by Crippen LogP contribution is -2.33. The van der Waals surface area contributed by atoms with Crippen molar-refractivity contribution in [2.24, 2.45) is 0 Å². The monoisotopic (exact) mass is 330 g/mol. The van der Waals surface area contributed by atoms with Crippen molar-refractivity contribution in [3.63, 3.8) is 0 Å². The maximum Gasteiger partial charge on any atom is 0.124 e. The summed E-state index contributed by atoms with van der Waals surface area (Å²) in [5, 5.41) is 0.403. The summed E-state index contributed by atoms with van der Waals surface area (Å²) in [6.07, 6.45) is 0.573. The normalized spacial score (nSPS) is 11.6. The highest BCUT2D eigenvalue weighted by Gasteiger charge is 2.31. The first-order valence-electron chi connectivity index (χ1n) is 6.23. The molecule has 0 saturated carbocycles. The van der Waals surface area contributed by atoms with Gasteiger partial charge >= 0.3 is 0 Å². The molecule has 0 nitrogen and oxygen atoms in total. The third kappa shape index (κ3) is 3.28. The molecule has 0 saturated heterocycles. The molecule has 2 rings (SSSR count). The molecule has 0 aliphatic carbocycles. The average molecular weight is 332 g/mol. The zero-order valence-corrected chi connectivity index (χ0v) is 13.0. The van der Waals surface area contributed by atoms with Gasteiger partial charge in [0.1, 0.15) is 5.82 Å². The molecule has 4 heteroatoms. The molecule has 0 spiro atoms. The molecular weight excluding hydrogens is 318 g/mol. The zero-order chi connectivity index (χ0) is 14.6. The third-order valence-corrected chi connectivity index (χ3v) is 4.82. The Morgan fingerprint density at radius 1 is 0.950 bits per heavy atom. The fourth-order valence-electron chi connectivity index (χ4n) is 2.21. The minimum atomic E-state index is -0.411. The summed E-state index contributed by atoms with van der Waals surface area (Å²) in [4.78, 5) is 0. The molecule has 0 N–H and O–H groups in total. The largest absolute Gasteiger partial charge is 0.207 e. The highest BCUT2D eigenvalue weighted by Crippen LogP contribution is 2.33. The van der Waals surface area contributed by atoms with Crippen LogP contribution in [-0.2, 0) is 11.8 Å². The van der Waals surface area contributed by atoms with Crippen molar-refractivity contribution >= 4 is 34.8 Å². The van der Waals surface area contributed by atoms with Crippen molar-refractivity contribution < 1.29 is 4.39 Å². The molecule has 0 radical (unpaired) electrons. The number of hydrogen-bond acceptors (Lipinski definition) is 0. The Morgan fingerprint density at radius 2 is 1.60 bits per heavy atom. The van der Waals surface area contributed by atoms with Gasteiger partial charge < -0.3 is 0 Å². The fraction of sp³-hybridized carbons (Fsp3) is 0.250. The fourth-order valence-corrected chi connectivity index (χ4v) is 3.23. The second-order valence-corrected chi connectivity index (χ2v) is 5.77. The summed E-state index contributed by atoms with van der Waals surface area (Å²) in [7, 11) is 0. The maximum absolute atomic E-state index is 13.1. The van der Waals surface area contributed by atoms with Gasteiger partial charge in [-0.15, -0.1) is 23.2 Å². The Kier molecular flexibility index (Phi) is 5.31. The van der Waals surface area contributed by atoms with E-state index >= 15 is 0 Å². The van der Waals surface area contributed by atoms with Crippen LogP contribution in [-0.4, -0.2) is 11.8 Å². The lowest BCUT2D eigenvalue weighted by Gasteiger charge is -2.30. The van der Waals surface area contributed by atoms with E-state index in [4.69, 9.17) is 34.8 Å². The van der Waals surface area contributed by atoms with Gasteiger partial charge in [0, 0.05) is 22.2 Å². The minimum absolute atomic E-state index is 0.346. The van der Waals surface area contributed by atoms with Crippen molar-refractivity contribution in [3.8, 4) is 0 Å². The van der Waals surface area contributed by atoms with Crippen LogP contribution in [0.1, 0.15) is 11.1 Å². The van der Waals surface area contributed by atoms with E-state index in [1.54, 1.807) is 6.07 Å². The van der Waals surface area contributed by atoms with Gasteiger partial charge in [-0.05, 0) is 29.7 Å². The Balaban J connectivity index is 2.39. The van der Waals surface area contributed by atoms with Gasteiger partial charge in [0.25, 0.3) is 0 Å². The summed E-state index contributed by atoms with van der Waals surface area (Å²) in [5.74, 6) is 0.392. The van der Waals surface area contributed by atoms with Crippen molar-refractivity contribution in [1.82, 2.24) is 0 Å². The van der Waals surface area contributed by atoms with E-state index in [2.05, 4.69) is 0 Å². The second kappa shape index (κ2) is 6.80. The molecule has 106 valence electrons. The number of alkyl halides is 2. The van der Waals surface area contributed by atoms with Crippen LogP contribution in [0.5, 0.6) is 0 Å². The number of rotatable bonds is 5. The third-order valence-electron chi connectivity index (χ3n) is 3.44. The Labute approximate surface area is 133 Å². The van der Waals surface area contributed by atoms with Gasteiger partial charge in [0.15, 0.2) is 0 Å². The van der Waals surface area contributed by atoms with E-state index in [0.717, 1.165) is 11.1 Å². The zero-order valence-electron chi connectivity index (χ0n) is 10.8. The molecule has 0 aromatic heterocycles. The molecule has 0 bridgehead atoms. The topological polar surface area (TPSA) is 0 Å². The molecule has 0 aliphatic heterocycles. The lowest BCUT2D eigenvalue weighted by molar-refractivity contribution is 0.535. The first-order chi connectivity index (χ1) is 9.61. The van der Waals surface area contributed by atoms with Crippen molar-refractivity contribution in [1.29, 1.82) is 0 Å². The van der Waals surface area contributed by atoms with Gasteiger partial charge in [0.2, 0.25) is 0 Å². The average Bonchev–Trinajstić information content (AvgIpc) is 2.48. The van der Waals surface area contributed by atoms with Crippen LogP contribution < -0.4 is 0 Å². The molecule has 2 aromatic rings. The summed E-state index contributed by atoms with van der Waals surface area (Å²) in [6, 6.07) is 14.3. The molecule has 0 atom stereocenters. The summed E-state index contributed by atoms with van der Waals surface area (Å²) < 4.78 is 13.1. The molecular formula is C16H14Cl3F. The van der Waals surface area contributed by atoms with Gasteiger partial charge in [-0.25, -0.2) is 4.39 Å². The highest BCUT2D eigenvalue weighted by atomic mass is 35.5. The molecule has 0 amide bonds. The molecule has 0 aliphatic rings. The maximum atomic E-state index is 13.1. The Hall–Kier alpha value is -0.760. The van der Waals surface area contributed by atoms with E-state index in [1.807, 2.05) is 30.3 Å². The summed E-state index contributed by atoms with van der Waals surface area (Å²) >= 11 is 18.5. The molecule has 20 heavy (non-hydrogen) atoms. The van der Waals surface area contributed by atoms with E-state index in [9.17, 15) is 4.39 Å². The first kappa shape index (κ1) is 15.6. The standard InChI is InChI=1S/C16H14Cl3F/c17-10-16(11-18,13-4-2-1-3-5-13)9-12-6-7-14(20)8-15(12)19/h1-8H,9-11H2. The van der Waals surface area contributed by atoms with Crippen molar-refractivity contribution in [2.75, 3.05) is 11.8 Å². The Bertz CT molecular complexity index is 565. The molecule has 0 heterocycles. The number of benzene rings is 2. The van der Waals surface area contributed by atoms with E-state index < -0.39 is 5.41 Å². The minimum Gasteiger partial charge on any atom is -0.207 e. The number of hydrogen-bond donors (Lipinski definition) is 0. The SMILES string of the molecule is Fc1ccc(CC(CCl)(CCl)c2ccccc2)c(Cl)c1. The van der Waals surface area contributed by atoms with Gasteiger partial charge in [-0.2, -0.15) is 0 Å². The van der Waals surface area contributed by atoms with Crippen LogP contribution in [0.15, 0.2) is 48.5 Å². The van der Waals surface area contributed by atoms with Crippen LogP contribution in [0.25, 0.3) is 0 Å². The smallest absolute Gasteiger partial charge is 0.124 e. The predicted molar refractivity (Wildman–Crippen MR) is 84.7 cm³/mol. The lowest BCUT2D eigenvalue weighted by atomic mass is 9.79. The highest BCUT2D eigenvalue weighted by molar-refractivity contribution is 6.31. The van der Waals surface area contributed by atoms with Crippen LogP contribution in [0.2, 0.25) is 5.02 Å². The van der Waals surface area contributed by atoms with E-state index in [-0.39, 0.29) is 5.82 Å². The summed E-state index contributed by atoms with van der Waals surface area (Å²) in [5.41, 5.74) is 1.50. The Morgan fingerprint density at radius 3 is 2.15 bits per heavy atom. The molecule has 0 unspecified atom stereocenters. The van der Waals surface area contributed by atoms with E-state index in [0.29, 0.717) is 23.2 Å². The number of halogens is 4.